The fourth-order valence-electron chi connectivity index (χ4n) is 1.85. The van der Waals surface area contributed by atoms with Crippen LogP contribution in [0.1, 0.15) is 30.9 Å². The van der Waals surface area contributed by atoms with Crippen molar-refractivity contribution in [1.82, 2.24) is 0 Å². The lowest BCUT2D eigenvalue weighted by atomic mass is 10.0. The summed E-state index contributed by atoms with van der Waals surface area (Å²) >= 11 is 0. The Bertz CT molecular complexity index is 547. The number of hydrogen-bond donors (Lipinski definition) is 1. The molecule has 2 aromatic rings. The molecule has 2 aromatic carbocycles. The summed E-state index contributed by atoms with van der Waals surface area (Å²) in [6.07, 6.45) is 0. The first-order valence-corrected chi connectivity index (χ1v) is 6.34. The van der Waals surface area contributed by atoms with Gasteiger partial charge in [0, 0.05) is 12.6 Å². The Morgan fingerprint density at radius 1 is 1.00 bits per heavy atom. The molecular weight excluding hydrogens is 244 g/mol. The third kappa shape index (κ3) is 3.53. The maximum Gasteiger partial charge on any atom is 0.149 e. The second-order valence-corrected chi connectivity index (χ2v) is 4.87. The van der Waals surface area contributed by atoms with E-state index >= 15 is 0 Å². The Balaban J connectivity index is 2.02. The summed E-state index contributed by atoms with van der Waals surface area (Å²) in [6.45, 7) is 4.79. The predicted molar refractivity (Wildman–Crippen MR) is 74.2 cm³/mol. The molecule has 3 heteroatoms. The highest BCUT2D eigenvalue weighted by Gasteiger charge is 2.03. The Morgan fingerprint density at radius 3 is 2.26 bits per heavy atom. The van der Waals surface area contributed by atoms with Gasteiger partial charge in [-0.15, -0.1) is 0 Å². The van der Waals surface area contributed by atoms with Crippen LogP contribution in [0.5, 0.6) is 0 Å². The molecule has 0 aliphatic heterocycles. The van der Waals surface area contributed by atoms with E-state index in [1.165, 1.54) is 17.7 Å². The van der Waals surface area contributed by atoms with E-state index in [2.05, 4.69) is 31.3 Å². The van der Waals surface area contributed by atoms with Crippen LogP contribution in [0.4, 0.5) is 14.5 Å². The zero-order chi connectivity index (χ0) is 13.8. The molecule has 0 aliphatic rings. The number of benzene rings is 2. The minimum atomic E-state index is -0.571. The lowest BCUT2D eigenvalue weighted by Gasteiger charge is -2.09. The van der Waals surface area contributed by atoms with Crippen LogP contribution in [0, 0.1) is 11.6 Å². The maximum absolute atomic E-state index is 13.4. The molecule has 0 amide bonds. The van der Waals surface area contributed by atoms with E-state index in [4.69, 9.17) is 0 Å². The highest BCUT2D eigenvalue weighted by atomic mass is 19.1. The van der Waals surface area contributed by atoms with Gasteiger partial charge in [-0.1, -0.05) is 38.1 Å². The van der Waals surface area contributed by atoms with Gasteiger partial charge in [0.25, 0.3) is 0 Å². The SMILES string of the molecule is CC(C)c1ccc(CNc2ccc(F)cc2F)cc1. The molecule has 1 nitrogen and oxygen atoms in total. The summed E-state index contributed by atoms with van der Waals surface area (Å²) in [4.78, 5) is 0. The van der Waals surface area contributed by atoms with Crippen LogP contribution in [0.2, 0.25) is 0 Å². The standard InChI is InChI=1S/C16H17F2N/c1-11(2)13-5-3-12(4-6-13)10-19-16-8-7-14(17)9-15(16)18/h3-9,11,19H,10H2,1-2H3. The van der Waals surface area contributed by atoms with E-state index in [0.29, 0.717) is 18.2 Å². The number of halogens is 2. The lowest BCUT2D eigenvalue weighted by Crippen LogP contribution is -2.02. The van der Waals surface area contributed by atoms with Gasteiger partial charge in [-0.05, 0) is 29.2 Å². The van der Waals surface area contributed by atoms with Gasteiger partial charge < -0.3 is 5.32 Å². The third-order valence-electron chi connectivity index (χ3n) is 3.06. The molecule has 0 fully saturated rings. The number of anilines is 1. The third-order valence-corrected chi connectivity index (χ3v) is 3.06. The average molecular weight is 261 g/mol. The van der Waals surface area contributed by atoms with Crippen LogP contribution in [0.3, 0.4) is 0 Å². The van der Waals surface area contributed by atoms with Crippen LogP contribution >= 0.6 is 0 Å². The first-order chi connectivity index (χ1) is 9.06. The van der Waals surface area contributed by atoms with Crippen molar-refractivity contribution in [3.8, 4) is 0 Å². The molecule has 0 unspecified atom stereocenters. The molecule has 0 bridgehead atoms. The molecule has 0 saturated heterocycles. The largest absolute Gasteiger partial charge is 0.379 e. The minimum absolute atomic E-state index is 0.314. The Hall–Kier alpha value is -1.90. The van der Waals surface area contributed by atoms with E-state index in [0.717, 1.165) is 11.6 Å². The topological polar surface area (TPSA) is 12.0 Å². The summed E-state index contributed by atoms with van der Waals surface area (Å²) in [6, 6.07) is 11.7. The molecule has 0 saturated carbocycles. The van der Waals surface area contributed by atoms with Crippen molar-refractivity contribution in [2.45, 2.75) is 26.3 Å². The Morgan fingerprint density at radius 2 is 1.68 bits per heavy atom. The Labute approximate surface area is 112 Å². The van der Waals surface area contributed by atoms with E-state index in [1.54, 1.807) is 0 Å². The first-order valence-electron chi connectivity index (χ1n) is 6.34. The number of rotatable bonds is 4. The first kappa shape index (κ1) is 13.5. The highest BCUT2D eigenvalue weighted by molar-refractivity contribution is 5.45. The summed E-state index contributed by atoms with van der Waals surface area (Å²) in [5.74, 6) is -0.639. The molecule has 0 aromatic heterocycles. The van der Waals surface area contributed by atoms with Gasteiger partial charge in [0.2, 0.25) is 0 Å². The molecule has 1 N–H and O–H groups in total. The van der Waals surface area contributed by atoms with Crippen molar-refractivity contribution in [3.63, 3.8) is 0 Å². The molecule has 0 heterocycles. The van der Waals surface area contributed by atoms with E-state index in [9.17, 15) is 8.78 Å². The zero-order valence-electron chi connectivity index (χ0n) is 11.1. The molecule has 0 spiro atoms. The van der Waals surface area contributed by atoms with Crippen LogP contribution in [0.25, 0.3) is 0 Å². The fourth-order valence-corrected chi connectivity index (χ4v) is 1.85. The highest BCUT2D eigenvalue weighted by Crippen LogP contribution is 2.18. The maximum atomic E-state index is 13.4. The number of nitrogens with one attached hydrogen (secondary N) is 1. The van der Waals surface area contributed by atoms with E-state index in [-0.39, 0.29) is 0 Å². The molecular formula is C16H17F2N. The average Bonchev–Trinajstić information content (AvgIpc) is 2.38. The van der Waals surface area contributed by atoms with Gasteiger partial charge in [-0.25, -0.2) is 8.78 Å². The lowest BCUT2D eigenvalue weighted by molar-refractivity contribution is 0.585. The summed E-state index contributed by atoms with van der Waals surface area (Å²) in [5.41, 5.74) is 2.65. The summed E-state index contributed by atoms with van der Waals surface area (Å²) in [7, 11) is 0. The van der Waals surface area contributed by atoms with Crippen molar-refractivity contribution < 1.29 is 8.78 Å². The van der Waals surface area contributed by atoms with Gasteiger partial charge in [0.1, 0.15) is 11.6 Å². The van der Waals surface area contributed by atoms with Crippen molar-refractivity contribution >= 4 is 5.69 Å². The Kier molecular flexibility index (Phi) is 4.15. The van der Waals surface area contributed by atoms with Gasteiger partial charge >= 0.3 is 0 Å². The minimum Gasteiger partial charge on any atom is -0.379 e. The van der Waals surface area contributed by atoms with Crippen molar-refractivity contribution in [2.75, 3.05) is 5.32 Å². The van der Waals surface area contributed by atoms with Crippen molar-refractivity contribution in [3.05, 3.63) is 65.2 Å². The monoisotopic (exact) mass is 261 g/mol. The van der Waals surface area contributed by atoms with Gasteiger partial charge in [0.05, 0.1) is 5.69 Å². The number of hydrogen-bond acceptors (Lipinski definition) is 1. The fraction of sp³-hybridized carbons (Fsp3) is 0.250. The quantitative estimate of drug-likeness (QED) is 0.841. The van der Waals surface area contributed by atoms with Gasteiger partial charge in [-0.2, -0.15) is 0 Å². The summed E-state index contributed by atoms with van der Waals surface area (Å²) < 4.78 is 26.2. The molecule has 0 aliphatic carbocycles. The van der Waals surface area contributed by atoms with Crippen molar-refractivity contribution in [2.24, 2.45) is 0 Å². The van der Waals surface area contributed by atoms with E-state index < -0.39 is 11.6 Å². The van der Waals surface area contributed by atoms with Crippen LogP contribution in [-0.4, -0.2) is 0 Å². The molecule has 0 radical (unpaired) electrons. The smallest absolute Gasteiger partial charge is 0.149 e. The van der Waals surface area contributed by atoms with Crippen molar-refractivity contribution in [1.29, 1.82) is 0 Å². The second-order valence-electron chi connectivity index (χ2n) is 4.87. The van der Waals surface area contributed by atoms with Crippen LogP contribution in [0.15, 0.2) is 42.5 Å². The van der Waals surface area contributed by atoms with Gasteiger partial charge in [0.15, 0.2) is 0 Å². The second kappa shape index (κ2) is 5.83. The van der Waals surface area contributed by atoms with Gasteiger partial charge in [-0.3, -0.25) is 0 Å². The molecule has 2 rings (SSSR count). The van der Waals surface area contributed by atoms with Crippen LogP contribution < -0.4 is 5.32 Å². The van der Waals surface area contributed by atoms with E-state index in [1.807, 2.05) is 12.1 Å². The molecule has 0 atom stereocenters. The molecule has 100 valence electrons. The van der Waals surface area contributed by atoms with Crippen LogP contribution in [-0.2, 0) is 6.54 Å². The predicted octanol–water partition coefficient (Wildman–Crippen LogP) is 4.70. The normalized spacial score (nSPS) is 10.8. The molecule has 19 heavy (non-hydrogen) atoms. The zero-order valence-corrected chi connectivity index (χ0v) is 11.1. The summed E-state index contributed by atoms with van der Waals surface area (Å²) in [5, 5.41) is 2.96.